The molecule has 0 aliphatic rings. The van der Waals surface area contributed by atoms with Gasteiger partial charge in [0.25, 0.3) is 5.91 Å². The molecule has 1 N–H and O–H groups in total. The lowest BCUT2D eigenvalue weighted by atomic mass is 10.2. The average Bonchev–Trinajstić information content (AvgIpc) is 2.73. The van der Waals surface area contributed by atoms with E-state index in [1.54, 1.807) is 10.9 Å². The van der Waals surface area contributed by atoms with Gasteiger partial charge in [0.2, 0.25) is 0 Å². The Hall–Kier alpha value is -1.62. The summed E-state index contributed by atoms with van der Waals surface area (Å²) in [5, 5.41) is 7.11. The molecule has 18 heavy (non-hydrogen) atoms. The highest BCUT2D eigenvalue weighted by atomic mass is 79.9. The molecule has 1 aromatic heterocycles. The highest BCUT2D eigenvalue weighted by molar-refractivity contribution is 9.10. The molecule has 0 unspecified atom stereocenters. The first kappa shape index (κ1) is 12.8. The number of benzene rings is 1. The molecule has 1 heterocycles. The van der Waals surface area contributed by atoms with Gasteiger partial charge in [-0.25, -0.2) is 0 Å². The molecule has 1 amide bonds. The summed E-state index contributed by atoms with van der Waals surface area (Å²) in [5.41, 5.74) is 2.21. The van der Waals surface area contributed by atoms with Crippen LogP contribution in [0.5, 0.6) is 0 Å². The third kappa shape index (κ3) is 2.79. The number of hydrogen-bond acceptors (Lipinski definition) is 2. The molecular weight excluding hydrogens is 294 g/mol. The molecule has 0 aliphatic heterocycles. The van der Waals surface area contributed by atoms with Crippen molar-refractivity contribution in [2.75, 3.05) is 5.32 Å². The van der Waals surface area contributed by atoms with E-state index < -0.39 is 0 Å². The molecule has 5 heteroatoms. The van der Waals surface area contributed by atoms with Crippen molar-refractivity contribution in [2.24, 2.45) is 7.05 Å². The van der Waals surface area contributed by atoms with Crippen molar-refractivity contribution < 1.29 is 4.79 Å². The molecule has 94 valence electrons. The molecule has 4 nitrogen and oxygen atoms in total. The second kappa shape index (κ2) is 5.35. The molecule has 0 bridgehead atoms. The van der Waals surface area contributed by atoms with Gasteiger partial charge < -0.3 is 5.32 Å². The summed E-state index contributed by atoms with van der Waals surface area (Å²) < 4.78 is 2.64. The maximum absolute atomic E-state index is 12.1. The molecule has 0 atom stereocenters. The third-order valence-electron chi connectivity index (χ3n) is 2.59. The van der Waals surface area contributed by atoms with Gasteiger partial charge in [-0.05, 0) is 30.7 Å². The van der Waals surface area contributed by atoms with Crippen molar-refractivity contribution in [3.05, 3.63) is 46.2 Å². The zero-order valence-electron chi connectivity index (χ0n) is 10.3. The molecule has 1 aromatic carbocycles. The van der Waals surface area contributed by atoms with Gasteiger partial charge in [0, 0.05) is 23.4 Å². The van der Waals surface area contributed by atoms with E-state index in [4.69, 9.17) is 0 Å². The first-order chi connectivity index (χ1) is 8.60. The molecule has 0 aliphatic carbocycles. The fourth-order valence-electron chi connectivity index (χ4n) is 1.72. The van der Waals surface area contributed by atoms with E-state index in [9.17, 15) is 4.79 Å². The van der Waals surface area contributed by atoms with Crippen LogP contribution in [0.25, 0.3) is 0 Å². The normalized spacial score (nSPS) is 10.4. The van der Waals surface area contributed by atoms with Gasteiger partial charge >= 0.3 is 0 Å². The predicted octanol–water partition coefficient (Wildman–Crippen LogP) is 3.00. The number of halogens is 1. The van der Waals surface area contributed by atoms with Crippen LogP contribution >= 0.6 is 15.9 Å². The van der Waals surface area contributed by atoms with Crippen LogP contribution < -0.4 is 5.32 Å². The first-order valence-corrected chi connectivity index (χ1v) is 6.49. The molecule has 0 fully saturated rings. The number of rotatable bonds is 3. The van der Waals surface area contributed by atoms with Crippen molar-refractivity contribution in [3.63, 3.8) is 0 Å². The summed E-state index contributed by atoms with van der Waals surface area (Å²) in [7, 11) is 1.82. The van der Waals surface area contributed by atoms with Crippen molar-refractivity contribution in [1.29, 1.82) is 0 Å². The Balaban J connectivity index is 2.19. The Bertz CT molecular complexity index is 560. The summed E-state index contributed by atoms with van der Waals surface area (Å²) >= 11 is 3.36. The van der Waals surface area contributed by atoms with Crippen LogP contribution in [0.4, 0.5) is 5.69 Å². The van der Waals surface area contributed by atoms with Gasteiger partial charge in [-0.3, -0.25) is 9.48 Å². The lowest BCUT2D eigenvalue weighted by Gasteiger charge is -2.04. The second-order valence-corrected chi connectivity index (χ2v) is 4.89. The van der Waals surface area contributed by atoms with Crippen LogP contribution in [0, 0.1) is 0 Å². The molecule has 2 rings (SSSR count). The average molecular weight is 308 g/mol. The number of anilines is 1. The Morgan fingerprint density at radius 1 is 1.39 bits per heavy atom. The maximum atomic E-state index is 12.1. The largest absolute Gasteiger partial charge is 0.322 e. The monoisotopic (exact) mass is 307 g/mol. The smallest absolute Gasteiger partial charge is 0.259 e. The zero-order chi connectivity index (χ0) is 13.1. The van der Waals surface area contributed by atoms with Gasteiger partial charge in [0.1, 0.15) is 0 Å². The van der Waals surface area contributed by atoms with Crippen molar-refractivity contribution in [3.8, 4) is 0 Å². The van der Waals surface area contributed by atoms with Crippen LogP contribution in [0.2, 0.25) is 0 Å². The van der Waals surface area contributed by atoms with Gasteiger partial charge in [-0.2, -0.15) is 5.10 Å². The minimum atomic E-state index is -0.123. The lowest BCUT2D eigenvalue weighted by Crippen LogP contribution is -2.12. The van der Waals surface area contributed by atoms with Crippen LogP contribution in [0.15, 0.2) is 34.9 Å². The number of aryl methyl sites for hydroxylation is 2. The van der Waals surface area contributed by atoms with Gasteiger partial charge in [0.15, 0.2) is 0 Å². The molecule has 0 saturated heterocycles. The number of amides is 1. The fraction of sp³-hybridized carbons (Fsp3) is 0.231. The topological polar surface area (TPSA) is 46.9 Å². The standard InChI is InChI=1S/C13H14BrN3O/c1-3-12-11(8-17(2)16-12)13(18)15-10-6-4-9(14)5-7-10/h4-8H,3H2,1-2H3,(H,15,18). The van der Waals surface area contributed by atoms with Crippen LogP contribution in [0.3, 0.4) is 0 Å². The minimum Gasteiger partial charge on any atom is -0.322 e. The number of nitrogens with zero attached hydrogens (tertiary/aromatic N) is 2. The van der Waals surface area contributed by atoms with Crippen LogP contribution in [-0.2, 0) is 13.5 Å². The minimum absolute atomic E-state index is 0.123. The van der Waals surface area contributed by atoms with Crippen molar-refractivity contribution in [2.45, 2.75) is 13.3 Å². The molecule has 0 spiro atoms. The highest BCUT2D eigenvalue weighted by Gasteiger charge is 2.14. The van der Waals surface area contributed by atoms with E-state index >= 15 is 0 Å². The quantitative estimate of drug-likeness (QED) is 0.947. The highest BCUT2D eigenvalue weighted by Crippen LogP contribution is 2.16. The summed E-state index contributed by atoms with van der Waals surface area (Å²) in [4.78, 5) is 12.1. The van der Waals surface area contributed by atoms with E-state index in [0.29, 0.717) is 5.56 Å². The number of hydrogen-bond donors (Lipinski definition) is 1. The van der Waals surface area contributed by atoms with E-state index in [1.807, 2.05) is 38.2 Å². The number of carbonyl (C=O) groups excluding carboxylic acids is 1. The van der Waals surface area contributed by atoms with Gasteiger partial charge in [0.05, 0.1) is 11.3 Å². The Morgan fingerprint density at radius 3 is 2.67 bits per heavy atom. The number of nitrogens with one attached hydrogen (secondary N) is 1. The molecule has 0 radical (unpaired) electrons. The summed E-state index contributed by atoms with van der Waals surface area (Å²) in [6, 6.07) is 7.48. The first-order valence-electron chi connectivity index (χ1n) is 5.69. The SMILES string of the molecule is CCc1nn(C)cc1C(=O)Nc1ccc(Br)cc1. The number of aromatic nitrogens is 2. The van der Waals surface area contributed by atoms with E-state index in [1.165, 1.54) is 0 Å². The van der Waals surface area contributed by atoms with Crippen molar-refractivity contribution in [1.82, 2.24) is 9.78 Å². The summed E-state index contributed by atoms with van der Waals surface area (Å²) in [6.07, 6.45) is 2.48. The number of carbonyl (C=O) groups is 1. The summed E-state index contributed by atoms with van der Waals surface area (Å²) in [5.74, 6) is -0.123. The van der Waals surface area contributed by atoms with E-state index in [0.717, 1.165) is 22.3 Å². The van der Waals surface area contributed by atoms with Crippen LogP contribution in [-0.4, -0.2) is 15.7 Å². The predicted molar refractivity (Wildman–Crippen MR) is 74.7 cm³/mol. The van der Waals surface area contributed by atoms with E-state index in [-0.39, 0.29) is 5.91 Å². The molecular formula is C13H14BrN3O. The third-order valence-corrected chi connectivity index (χ3v) is 3.12. The Labute approximate surface area is 114 Å². The zero-order valence-corrected chi connectivity index (χ0v) is 11.9. The molecule has 0 saturated carbocycles. The van der Waals surface area contributed by atoms with Crippen molar-refractivity contribution >= 4 is 27.5 Å². The maximum Gasteiger partial charge on any atom is 0.259 e. The van der Waals surface area contributed by atoms with Gasteiger partial charge in [-0.1, -0.05) is 22.9 Å². The van der Waals surface area contributed by atoms with Crippen LogP contribution in [0.1, 0.15) is 23.0 Å². The summed E-state index contributed by atoms with van der Waals surface area (Å²) in [6.45, 7) is 1.98. The lowest BCUT2D eigenvalue weighted by molar-refractivity contribution is 0.102. The fourth-order valence-corrected chi connectivity index (χ4v) is 1.98. The molecule has 2 aromatic rings. The Morgan fingerprint density at radius 2 is 2.06 bits per heavy atom. The second-order valence-electron chi connectivity index (χ2n) is 3.98. The van der Waals surface area contributed by atoms with E-state index in [2.05, 4.69) is 26.3 Å². The van der Waals surface area contributed by atoms with Gasteiger partial charge in [-0.15, -0.1) is 0 Å². The Kier molecular flexibility index (Phi) is 3.81.